The van der Waals surface area contributed by atoms with Crippen LogP contribution >= 0.6 is 0 Å². The van der Waals surface area contributed by atoms with Gasteiger partial charge in [0.2, 0.25) is 0 Å². The third-order valence-electron chi connectivity index (χ3n) is 3.21. The molecule has 0 aromatic heterocycles. The molecule has 1 unspecified atom stereocenters. The highest BCUT2D eigenvalue weighted by molar-refractivity contribution is 5.14. The van der Waals surface area contributed by atoms with Crippen LogP contribution in [0.2, 0.25) is 0 Å². The number of benzene rings is 1. The van der Waals surface area contributed by atoms with E-state index in [9.17, 15) is 4.39 Å². The number of piperidine rings is 1. The average Bonchev–Trinajstić information content (AvgIpc) is 2.38. The molecule has 0 aliphatic carbocycles. The summed E-state index contributed by atoms with van der Waals surface area (Å²) in [5.41, 5.74) is 1.03. The molecule has 1 aliphatic rings. The first-order chi connectivity index (χ1) is 8.34. The Kier molecular flexibility index (Phi) is 4.95. The van der Waals surface area contributed by atoms with E-state index in [1.54, 1.807) is 12.1 Å². The second-order valence-corrected chi connectivity index (χ2v) is 4.61. The van der Waals surface area contributed by atoms with Gasteiger partial charge in [-0.05, 0) is 43.5 Å². The van der Waals surface area contributed by atoms with Crippen molar-refractivity contribution in [2.75, 3.05) is 13.2 Å². The maximum Gasteiger partial charge on any atom is 0.123 e. The molecule has 2 nitrogen and oxygen atoms in total. The van der Waals surface area contributed by atoms with E-state index in [1.807, 2.05) is 0 Å². The molecule has 1 N–H and O–H groups in total. The van der Waals surface area contributed by atoms with Crippen molar-refractivity contribution in [2.24, 2.45) is 0 Å². The molecule has 0 radical (unpaired) electrons. The minimum atomic E-state index is -0.194. The van der Waals surface area contributed by atoms with Gasteiger partial charge in [0.15, 0.2) is 0 Å². The van der Waals surface area contributed by atoms with Gasteiger partial charge in [-0.2, -0.15) is 0 Å². The fraction of sp³-hybridized carbons (Fsp3) is 0.571. The van der Waals surface area contributed by atoms with E-state index in [2.05, 4.69) is 5.32 Å². The van der Waals surface area contributed by atoms with Crippen molar-refractivity contribution in [1.82, 2.24) is 5.32 Å². The van der Waals surface area contributed by atoms with E-state index in [0.29, 0.717) is 12.6 Å². The Morgan fingerprint density at radius 3 is 2.76 bits per heavy atom. The lowest BCUT2D eigenvalue weighted by Crippen LogP contribution is -2.34. The van der Waals surface area contributed by atoms with Crippen LogP contribution in [0.1, 0.15) is 31.2 Å². The van der Waals surface area contributed by atoms with Crippen LogP contribution in [0.5, 0.6) is 0 Å². The lowest BCUT2D eigenvalue weighted by molar-refractivity contribution is 0.108. The highest BCUT2D eigenvalue weighted by Gasteiger charge is 2.11. The quantitative estimate of drug-likeness (QED) is 0.795. The van der Waals surface area contributed by atoms with Crippen LogP contribution < -0.4 is 5.32 Å². The highest BCUT2D eigenvalue weighted by Crippen LogP contribution is 2.10. The summed E-state index contributed by atoms with van der Waals surface area (Å²) in [6, 6.07) is 7.11. The van der Waals surface area contributed by atoms with Crippen LogP contribution in [0.15, 0.2) is 24.3 Å². The molecule has 1 heterocycles. The minimum absolute atomic E-state index is 0.194. The van der Waals surface area contributed by atoms with Crippen molar-refractivity contribution in [2.45, 2.75) is 38.3 Å². The lowest BCUT2D eigenvalue weighted by Gasteiger charge is -2.23. The highest BCUT2D eigenvalue weighted by atomic mass is 19.1. The second-order valence-electron chi connectivity index (χ2n) is 4.61. The first kappa shape index (κ1) is 12.5. The zero-order valence-electron chi connectivity index (χ0n) is 10.1. The molecule has 1 saturated heterocycles. The minimum Gasteiger partial charge on any atom is -0.377 e. The molecule has 0 spiro atoms. The molecule has 0 saturated carbocycles. The largest absolute Gasteiger partial charge is 0.377 e. The molecule has 1 aromatic rings. The van der Waals surface area contributed by atoms with Gasteiger partial charge >= 0.3 is 0 Å². The number of nitrogens with one attached hydrogen (secondary N) is 1. The molecule has 17 heavy (non-hydrogen) atoms. The van der Waals surface area contributed by atoms with Gasteiger partial charge in [0.25, 0.3) is 0 Å². The van der Waals surface area contributed by atoms with Gasteiger partial charge in [-0.1, -0.05) is 18.6 Å². The van der Waals surface area contributed by atoms with E-state index in [4.69, 9.17) is 4.74 Å². The Labute approximate surface area is 102 Å². The van der Waals surface area contributed by atoms with Gasteiger partial charge in [-0.25, -0.2) is 4.39 Å². The summed E-state index contributed by atoms with van der Waals surface area (Å²) in [5.74, 6) is -0.194. The van der Waals surface area contributed by atoms with E-state index in [-0.39, 0.29) is 5.82 Å². The normalized spacial score (nSPS) is 20.4. The monoisotopic (exact) mass is 237 g/mol. The molecular formula is C14H20FNO. The fourth-order valence-corrected chi connectivity index (χ4v) is 2.17. The summed E-state index contributed by atoms with van der Waals surface area (Å²) in [7, 11) is 0. The summed E-state index contributed by atoms with van der Waals surface area (Å²) >= 11 is 0. The number of ether oxygens (including phenoxy) is 1. The van der Waals surface area contributed by atoms with E-state index in [0.717, 1.165) is 25.1 Å². The van der Waals surface area contributed by atoms with Crippen molar-refractivity contribution in [1.29, 1.82) is 0 Å². The third kappa shape index (κ3) is 4.44. The zero-order valence-corrected chi connectivity index (χ0v) is 10.1. The van der Waals surface area contributed by atoms with Crippen molar-refractivity contribution in [3.05, 3.63) is 35.6 Å². The Morgan fingerprint density at radius 1 is 1.24 bits per heavy atom. The van der Waals surface area contributed by atoms with Gasteiger partial charge < -0.3 is 10.1 Å². The Hall–Kier alpha value is -0.930. The smallest absolute Gasteiger partial charge is 0.123 e. The summed E-state index contributed by atoms with van der Waals surface area (Å²) in [5, 5.41) is 3.50. The maximum absolute atomic E-state index is 12.7. The van der Waals surface area contributed by atoms with Crippen LogP contribution in [0.4, 0.5) is 4.39 Å². The van der Waals surface area contributed by atoms with Crippen molar-refractivity contribution in [3.63, 3.8) is 0 Å². The van der Waals surface area contributed by atoms with Gasteiger partial charge in [0.05, 0.1) is 6.61 Å². The van der Waals surface area contributed by atoms with Gasteiger partial charge in [0.1, 0.15) is 5.82 Å². The summed E-state index contributed by atoms with van der Waals surface area (Å²) in [6.45, 7) is 2.49. The lowest BCUT2D eigenvalue weighted by atomic mass is 10.0. The molecule has 1 aromatic carbocycles. The molecule has 1 fully saturated rings. The Bertz CT molecular complexity index is 319. The van der Waals surface area contributed by atoms with E-state index < -0.39 is 0 Å². The van der Waals surface area contributed by atoms with Gasteiger partial charge in [-0.3, -0.25) is 0 Å². The fourth-order valence-electron chi connectivity index (χ4n) is 2.17. The average molecular weight is 237 g/mol. The van der Waals surface area contributed by atoms with Crippen LogP contribution in [0.3, 0.4) is 0 Å². The molecule has 3 heteroatoms. The maximum atomic E-state index is 12.7. The molecule has 1 atom stereocenters. The van der Waals surface area contributed by atoms with Crippen LogP contribution in [-0.4, -0.2) is 19.2 Å². The predicted molar refractivity (Wildman–Crippen MR) is 66.3 cm³/mol. The molecular weight excluding hydrogens is 217 g/mol. The van der Waals surface area contributed by atoms with Gasteiger partial charge in [0, 0.05) is 12.6 Å². The summed E-state index contributed by atoms with van der Waals surface area (Å²) in [6.07, 6.45) is 4.96. The second kappa shape index (κ2) is 6.72. The first-order valence-electron chi connectivity index (χ1n) is 6.40. The van der Waals surface area contributed by atoms with E-state index in [1.165, 1.54) is 31.4 Å². The number of halogens is 1. The topological polar surface area (TPSA) is 21.3 Å². The Balaban J connectivity index is 1.60. The standard InChI is InChI=1S/C14H20FNO/c15-13-6-4-12(5-7-13)11-17-10-8-14-3-1-2-9-16-14/h4-7,14,16H,1-3,8-11H2. The van der Waals surface area contributed by atoms with E-state index >= 15 is 0 Å². The SMILES string of the molecule is Fc1ccc(COCCC2CCCCN2)cc1. The van der Waals surface area contributed by atoms with Crippen LogP contribution in [0.25, 0.3) is 0 Å². The van der Waals surface area contributed by atoms with Crippen molar-refractivity contribution in [3.8, 4) is 0 Å². The molecule has 2 rings (SSSR count). The molecule has 1 aliphatic heterocycles. The number of rotatable bonds is 5. The van der Waals surface area contributed by atoms with Crippen LogP contribution in [-0.2, 0) is 11.3 Å². The van der Waals surface area contributed by atoms with Gasteiger partial charge in [-0.15, -0.1) is 0 Å². The first-order valence-corrected chi connectivity index (χ1v) is 6.40. The van der Waals surface area contributed by atoms with Crippen LogP contribution in [0, 0.1) is 5.82 Å². The van der Waals surface area contributed by atoms with Crippen molar-refractivity contribution < 1.29 is 9.13 Å². The summed E-state index contributed by atoms with van der Waals surface area (Å²) in [4.78, 5) is 0. The predicted octanol–water partition coefficient (Wildman–Crippen LogP) is 2.87. The molecule has 0 amide bonds. The molecule has 0 bridgehead atoms. The number of hydrogen-bond acceptors (Lipinski definition) is 2. The third-order valence-corrected chi connectivity index (χ3v) is 3.21. The van der Waals surface area contributed by atoms with Crippen molar-refractivity contribution >= 4 is 0 Å². The Morgan fingerprint density at radius 2 is 2.06 bits per heavy atom. The number of hydrogen-bond donors (Lipinski definition) is 1. The zero-order chi connectivity index (χ0) is 11.9. The molecule has 94 valence electrons. The summed E-state index contributed by atoms with van der Waals surface area (Å²) < 4.78 is 18.3.